The van der Waals surface area contributed by atoms with Crippen LogP contribution in [0, 0.1) is 11.6 Å². The van der Waals surface area contributed by atoms with Gasteiger partial charge in [-0.05, 0) is 66.6 Å². The number of aliphatic carboxylic acids is 1. The number of Topliss-reactive ketones (excluding diaryl/α,β-unsaturated/α-hetero) is 1. The van der Waals surface area contributed by atoms with Crippen LogP contribution in [-0.4, -0.2) is 51.3 Å². The highest BCUT2D eigenvalue weighted by Crippen LogP contribution is 2.48. The van der Waals surface area contributed by atoms with Crippen molar-refractivity contribution < 1.29 is 28.3 Å². The Morgan fingerprint density at radius 1 is 1.02 bits per heavy atom. The summed E-state index contributed by atoms with van der Waals surface area (Å²) in [6.07, 6.45) is 3.56. The van der Waals surface area contributed by atoms with E-state index in [1.165, 1.54) is 4.90 Å². The van der Waals surface area contributed by atoms with E-state index in [1.807, 2.05) is 18.2 Å². The maximum atomic E-state index is 14.5. The maximum Gasteiger partial charge on any atom is 0.331 e. The summed E-state index contributed by atoms with van der Waals surface area (Å²) >= 11 is 0. The smallest absolute Gasteiger partial charge is 0.331 e. The fourth-order valence-electron chi connectivity index (χ4n) is 7.65. The van der Waals surface area contributed by atoms with Crippen LogP contribution in [0.4, 0.5) is 14.6 Å². The summed E-state index contributed by atoms with van der Waals surface area (Å²) in [6.45, 7) is 2.34. The van der Waals surface area contributed by atoms with Crippen LogP contribution >= 0.6 is 0 Å². The number of carbonyl (C=O) groups excluding carboxylic acids is 2. The molecule has 2 fully saturated rings. The molecule has 3 aromatic rings. The molecule has 10 heteroatoms. The second kappa shape index (κ2) is 9.16. The molecule has 1 aromatic heterocycles. The SMILES string of the molecule is C[C@@]1(c2cc(F)cc(F)c2)CNC2(CCC(=O)C2)C(=O)N1[C@@H](C(=O)O)c1ccc2c(c1)CC1(CNc3ncccc31)C2. The molecule has 1 saturated heterocycles. The first-order valence-corrected chi connectivity index (χ1v) is 14.1. The van der Waals surface area contributed by atoms with Crippen LogP contribution in [0.1, 0.15) is 60.0 Å². The van der Waals surface area contributed by atoms with Crippen molar-refractivity contribution in [2.24, 2.45) is 0 Å². The van der Waals surface area contributed by atoms with E-state index in [2.05, 4.69) is 21.7 Å². The first-order chi connectivity index (χ1) is 20.0. The van der Waals surface area contributed by atoms with E-state index in [1.54, 1.807) is 19.2 Å². The Morgan fingerprint density at radius 2 is 1.79 bits per heavy atom. The number of ketones is 1. The lowest BCUT2D eigenvalue weighted by atomic mass is 9.79. The van der Waals surface area contributed by atoms with Crippen LogP contribution in [0.2, 0.25) is 0 Å². The number of nitrogens with one attached hydrogen (secondary N) is 2. The summed E-state index contributed by atoms with van der Waals surface area (Å²) in [5.41, 5.74) is 0.855. The van der Waals surface area contributed by atoms with Crippen LogP contribution in [0.25, 0.3) is 0 Å². The molecule has 2 aromatic carbocycles. The Balaban J connectivity index is 1.33. The Labute approximate surface area is 241 Å². The number of piperazine rings is 1. The van der Waals surface area contributed by atoms with Gasteiger partial charge in [0, 0.05) is 49.2 Å². The molecule has 42 heavy (non-hydrogen) atoms. The molecule has 216 valence electrons. The number of nitrogens with zero attached hydrogens (tertiary/aromatic N) is 2. The van der Waals surface area contributed by atoms with E-state index < -0.39 is 40.6 Å². The zero-order valence-corrected chi connectivity index (χ0v) is 23.0. The standard InChI is InChI=1S/C32H30F2N4O4/c1-30(21-10-22(33)12-23(34)11-21)16-37-32(7-6-24(39)15-32)29(42)38(30)26(28(40)41)18-4-5-19-13-31(14-20(19)9-18)17-36-27-25(31)3-2-8-35-27/h2-5,8-12,26,37H,6-7,13-17H2,1H3,(H,35,36)(H,40,41)/t26-,30+,31?,32?/m1/s1. The third kappa shape index (κ3) is 3.88. The van der Waals surface area contributed by atoms with E-state index in [0.717, 1.165) is 47.1 Å². The van der Waals surface area contributed by atoms with Crippen LogP contribution in [0.3, 0.4) is 0 Å². The number of pyridine rings is 1. The lowest BCUT2D eigenvalue weighted by Crippen LogP contribution is -2.71. The number of hydrogen-bond donors (Lipinski definition) is 3. The van der Waals surface area contributed by atoms with Gasteiger partial charge < -0.3 is 20.6 Å². The topological polar surface area (TPSA) is 112 Å². The van der Waals surface area contributed by atoms with Crippen molar-refractivity contribution in [1.29, 1.82) is 0 Å². The molecule has 2 aliphatic heterocycles. The molecule has 2 aliphatic carbocycles. The van der Waals surface area contributed by atoms with Crippen molar-refractivity contribution >= 4 is 23.5 Å². The number of rotatable bonds is 4. The molecule has 7 rings (SSSR count). The van der Waals surface area contributed by atoms with Crippen molar-refractivity contribution in [2.45, 2.75) is 61.6 Å². The third-order valence-corrected chi connectivity index (χ3v) is 9.81. The van der Waals surface area contributed by atoms with Crippen LogP contribution in [0.5, 0.6) is 0 Å². The molecule has 2 unspecified atom stereocenters. The summed E-state index contributed by atoms with van der Waals surface area (Å²) in [7, 11) is 0. The number of fused-ring (bicyclic) bond motifs is 3. The number of hydrogen-bond acceptors (Lipinski definition) is 6. The fourth-order valence-corrected chi connectivity index (χ4v) is 7.65. The molecule has 0 radical (unpaired) electrons. The molecule has 4 aliphatic rings. The zero-order chi connectivity index (χ0) is 29.4. The average molecular weight is 573 g/mol. The van der Waals surface area contributed by atoms with Gasteiger partial charge >= 0.3 is 5.97 Å². The summed E-state index contributed by atoms with van der Waals surface area (Å²) in [4.78, 5) is 45.6. The van der Waals surface area contributed by atoms with Gasteiger partial charge in [-0.15, -0.1) is 0 Å². The monoisotopic (exact) mass is 572 g/mol. The van der Waals surface area contributed by atoms with Gasteiger partial charge in [-0.1, -0.05) is 24.3 Å². The van der Waals surface area contributed by atoms with Gasteiger partial charge in [0.05, 0.1) is 5.54 Å². The minimum atomic E-state index is -1.46. The number of amides is 1. The fraction of sp³-hybridized carbons (Fsp3) is 0.375. The van der Waals surface area contributed by atoms with Gasteiger partial charge in [0.1, 0.15) is 28.8 Å². The molecule has 1 amide bonds. The summed E-state index contributed by atoms with van der Waals surface area (Å²) in [6, 6.07) is 11.0. The summed E-state index contributed by atoms with van der Waals surface area (Å²) in [5.74, 6) is -2.72. The number of aromatic nitrogens is 1. The van der Waals surface area contributed by atoms with Crippen molar-refractivity contribution in [3.63, 3.8) is 0 Å². The van der Waals surface area contributed by atoms with E-state index in [0.29, 0.717) is 18.5 Å². The highest BCUT2D eigenvalue weighted by molar-refractivity contribution is 5.99. The van der Waals surface area contributed by atoms with Crippen LogP contribution < -0.4 is 10.6 Å². The Hall–Kier alpha value is -4.18. The number of carboxylic acids is 1. The predicted octanol–water partition coefficient (Wildman–Crippen LogP) is 3.79. The van der Waals surface area contributed by atoms with E-state index >= 15 is 0 Å². The molecule has 0 bridgehead atoms. The second-order valence-electron chi connectivity index (χ2n) is 12.4. The Morgan fingerprint density at radius 3 is 2.50 bits per heavy atom. The lowest BCUT2D eigenvalue weighted by molar-refractivity contribution is -0.166. The molecular weight excluding hydrogens is 542 g/mol. The van der Waals surface area contributed by atoms with Crippen molar-refractivity contribution in [3.05, 3.63) is 94.2 Å². The van der Waals surface area contributed by atoms with Gasteiger partial charge in [-0.3, -0.25) is 9.59 Å². The number of benzene rings is 2. The highest BCUT2D eigenvalue weighted by atomic mass is 19.1. The molecular formula is C32H30F2N4O4. The maximum absolute atomic E-state index is 14.5. The molecule has 3 N–H and O–H groups in total. The largest absolute Gasteiger partial charge is 0.479 e. The van der Waals surface area contributed by atoms with E-state index in [-0.39, 0.29) is 42.6 Å². The van der Waals surface area contributed by atoms with Gasteiger partial charge in [0.2, 0.25) is 5.91 Å². The lowest BCUT2D eigenvalue weighted by Gasteiger charge is -2.53. The van der Waals surface area contributed by atoms with Crippen LogP contribution in [0.15, 0.2) is 54.7 Å². The van der Waals surface area contributed by atoms with E-state index in [4.69, 9.17) is 0 Å². The van der Waals surface area contributed by atoms with Gasteiger partial charge in [0.25, 0.3) is 0 Å². The Kier molecular flexibility index (Phi) is 5.82. The molecule has 1 saturated carbocycles. The first-order valence-electron chi connectivity index (χ1n) is 14.1. The van der Waals surface area contributed by atoms with Crippen molar-refractivity contribution in [3.8, 4) is 0 Å². The highest BCUT2D eigenvalue weighted by Gasteiger charge is 2.58. The van der Waals surface area contributed by atoms with E-state index in [9.17, 15) is 28.3 Å². The number of halogens is 2. The minimum absolute atomic E-state index is 0.0161. The normalized spacial score (nSPS) is 28.7. The quantitative estimate of drug-likeness (QED) is 0.436. The Bertz CT molecular complexity index is 1660. The van der Waals surface area contributed by atoms with Crippen molar-refractivity contribution in [1.82, 2.24) is 15.2 Å². The summed E-state index contributed by atoms with van der Waals surface area (Å²) in [5, 5.41) is 17.3. The molecule has 3 heterocycles. The first kappa shape index (κ1) is 26.7. The van der Waals surface area contributed by atoms with Gasteiger partial charge in [-0.25, -0.2) is 18.6 Å². The minimum Gasteiger partial charge on any atom is -0.479 e. The number of carboxylic acid groups (broad SMARTS) is 1. The average Bonchev–Trinajstić information content (AvgIpc) is 3.63. The van der Waals surface area contributed by atoms with Gasteiger partial charge in [0.15, 0.2) is 6.04 Å². The molecule has 8 nitrogen and oxygen atoms in total. The zero-order valence-electron chi connectivity index (χ0n) is 23.0. The second-order valence-corrected chi connectivity index (χ2v) is 12.4. The van der Waals surface area contributed by atoms with Crippen LogP contribution in [-0.2, 0) is 38.2 Å². The van der Waals surface area contributed by atoms with Crippen molar-refractivity contribution in [2.75, 3.05) is 18.4 Å². The van der Waals surface area contributed by atoms with Gasteiger partial charge in [-0.2, -0.15) is 0 Å². The summed E-state index contributed by atoms with van der Waals surface area (Å²) < 4.78 is 28.9. The number of anilines is 1. The number of carbonyl (C=O) groups is 3. The molecule has 2 spiro atoms. The third-order valence-electron chi connectivity index (χ3n) is 9.81. The predicted molar refractivity (Wildman–Crippen MR) is 149 cm³/mol. The molecule has 4 atom stereocenters.